The van der Waals surface area contributed by atoms with Crippen LogP contribution in [0.25, 0.3) is 6.08 Å². The second-order valence-electron chi connectivity index (χ2n) is 6.72. The summed E-state index contributed by atoms with van der Waals surface area (Å²) in [7, 11) is -3.86. The van der Waals surface area contributed by atoms with E-state index in [2.05, 4.69) is 0 Å². The van der Waals surface area contributed by atoms with Gasteiger partial charge in [-0.2, -0.15) is 5.26 Å². The Hall–Kier alpha value is -3.36. The Bertz CT molecular complexity index is 1170. The summed E-state index contributed by atoms with van der Waals surface area (Å²) in [5, 5.41) is 9.41. The van der Waals surface area contributed by atoms with Crippen molar-refractivity contribution < 1.29 is 13.2 Å². The zero-order valence-corrected chi connectivity index (χ0v) is 17.1. The Labute approximate surface area is 171 Å². The van der Waals surface area contributed by atoms with E-state index in [9.17, 15) is 13.7 Å². The van der Waals surface area contributed by atoms with Crippen LogP contribution in [0, 0.1) is 25.2 Å². The van der Waals surface area contributed by atoms with Gasteiger partial charge in [0.1, 0.15) is 23.3 Å². The van der Waals surface area contributed by atoms with Crippen LogP contribution in [0.4, 0.5) is 0 Å². The van der Waals surface area contributed by atoms with Crippen molar-refractivity contribution >= 4 is 15.9 Å². The highest BCUT2D eigenvalue weighted by atomic mass is 32.2. The molecular weight excluding hydrogens is 382 g/mol. The van der Waals surface area contributed by atoms with Crippen molar-refractivity contribution in [3.8, 4) is 11.8 Å². The van der Waals surface area contributed by atoms with Crippen molar-refractivity contribution in [3.63, 3.8) is 0 Å². The molecule has 146 valence electrons. The maximum atomic E-state index is 12.7. The van der Waals surface area contributed by atoms with Crippen molar-refractivity contribution in [1.82, 2.24) is 0 Å². The molecule has 0 aliphatic rings. The number of hydrogen-bond acceptors (Lipinski definition) is 4. The van der Waals surface area contributed by atoms with Crippen LogP contribution in [0.1, 0.15) is 22.3 Å². The number of nitrogens with zero attached hydrogens (tertiary/aromatic N) is 1. The third-order valence-corrected chi connectivity index (χ3v) is 6.25. The zero-order valence-electron chi connectivity index (χ0n) is 16.3. The van der Waals surface area contributed by atoms with Gasteiger partial charge in [-0.1, -0.05) is 54.1 Å². The summed E-state index contributed by atoms with van der Waals surface area (Å²) in [4.78, 5) is -0.191. The zero-order chi connectivity index (χ0) is 20.9. The molecule has 4 nitrogen and oxygen atoms in total. The van der Waals surface area contributed by atoms with E-state index in [0.29, 0.717) is 17.9 Å². The Balaban J connectivity index is 1.77. The molecule has 3 aromatic carbocycles. The van der Waals surface area contributed by atoms with Gasteiger partial charge in [-0.15, -0.1) is 0 Å². The highest BCUT2D eigenvalue weighted by Gasteiger charge is 2.20. The number of aryl methyl sites for hydroxylation is 2. The molecule has 3 aromatic rings. The minimum Gasteiger partial charge on any atom is -0.489 e. The van der Waals surface area contributed by atoms with Crippen LogP contribution in [0.5, 0.6) is 5.75 Å². The third kappa shape index (κ3) is 4.92. The largest absolute Gasteiger partial charge is 0.489 e. The maximum absolute atomic E-state index is 12.7. The second kappa shape index (κ2) is 8.76. The minimum atomic E-state index is -3.86. The van der Waals surface area contributed by atoms with Crippen LogP contribution in [0.3, 0.4) is 0 Å². The van der Waals surface area contributed by atoms with E-state index < -0.39 is 9.84 Å². The summed E-state index contributed by atoms with van der Waals surface area (Å²) < 4.78 is 31.2. The van der Waals surface area contributed by atoms with Crippen molar-refractivity contribution in [1.29, 1.82) is 5.26 Å². The number of benzene rings is 3. The van der Waals surface area contributed by atoms with Crippen LogP contribution in [-0.2, 0) is 16.4 Å². The molecule has 0 aromatic heterocycles. The topological polar surface area (TPSA) is 67.2 Å². The van der Waals surface area contributed by atoms with Gasteiger partial charge in [-0.25, -0.2) is 8.42 Å². The Morgan fingerprint density at radius 3 is 2.24 bits per heavy atom. The fourth-order valence-electron chi connectivity index (χ4n) is 2.76. The molecule has 3 rings (SSSR count). The molecule has 5 heteroatoms. The molecule has 0 heterocycles. The van der Waals surface area contributed by atoms with Crippen LogP contribution in [-0.4, -0.2) is 8.42 Å². The Morgan fingerprint density at radius 2 is 1.62 bits per heavy atom. The summed E-state index contributed by atoms with van der Waals surface area (Å²) in [6, 6.07) is 23.2. The van der Waals surface area contributed by atoms with E-state index >= 15 is 0 Å². The van der Waals surface area contributed by atoms with Crippen LogP contribution in [0.2, 0.25) is 0 Å². The van der Waals surface area contributed by atoms with Gasteiger partial charge in [-0.3, -0.25) is 0 Å². The van der Waals surface area contributed by atoms with Gasteiger partial charge in [0.15, 0.2) is 0 Å². The SMILES string of the molecule is Cc1ccc(S(=O)(=O)C(C#N)=Cc2ccc(OCc3ccccc3C)cc2)cc1. The maximum Gasteiger partial charge on any atom is 0.216 e. The molecule has 0 saturated carbocycles. The first-order valence-corrected chi connectivity index (χ1v) is 10.6. The van der Waals surface area contributed by atoms with Gasteiger partial charge in [-0.05, 0) is 60.9 Å². The smallest absolute Gasteiger partial charge is 0.216 e. The van der Waals surface area contributed by atoms with Gasteiger partial charge < -0.3 is 4.74 Å². The minimum absolute atomic E-state index is 0.106. The van der Waals surface area contributed by atoms with E-state index in [-0.39, 0.29) is 9.80 Å². The highest BCUT2D eigenvalue weighted by molar-refractivity contribution is 7.95. The number of hydrogen-bond donors (Lipinski definition) is 0. The molecule has 0 aliphatic carbocycles. The number of ether oxygens (including phenoxy) is 1. The number of sulfone groups is 1. The van der Waals surface area contributed by atoms with Crippen molar-refractivity contribution in [2.24, 2.45) is 0 Å². The molecule has 0 radical (unpaired) electrons. The molecule has 0 aliphatic heterocycles. The van der Waals surface area contributed by atoms with Crippen molar-refractivity contribution in [2.75, 3.05) is 0 Å². The molecular formula is C24H21NO3S. The lowest BCUT2D eigenvalue weighted by Gasteiger charge is -2.09. The summed E-state index contributed by atoms with van der Waals surface area (Å²) in [6.45, 7) is 4.36. The van der Waals surface area contributed by atoms with E-state index in [1.165, 1.54) is 18.2 Å². The second-order valence-corrected chi connectivity index (χ2v) is 8.64. The average Bonchev–Trinajstić information content (AvgIpc) is 2.72. The van der Waals surface area contributed by atoms with Gasteiger partial charge in [0.2, 0.25) is 9.84 Å². The van der Waals surface area contributed by atoms with E-state index in [1.54, 1.807) is 36.4 Å². The summed E-state index contributed by atoms with van der Waals surface area (Å²) in [5.74, 6) is 0.672. The lowest BCUT2D eigenvalue weighted by atomic mass is 10.1. The average molecular weight is 404 g/mol. The van der Waals surface area contributed by atoms with Gasteiger partial charge in [0.25, 0.3) is 0 Å². The summed E-state index contributed by atoms with van der Waals surface area (Å²) in [5.41, 5.74) is 3.83. The quantitative estimate of drug-likeness (QED) is 0.529. The van der Waals surface area contributed by atoms with Crippen LogP contribution < -0.4 is 4.74 Å². The lowest BCUT2D eigenvalue weighted by molar-refractivity contribution is 0.305. The lowest BCUT2D eigenvalue weighted by Crippen LogP contribution is -2.03. The molecule has 0 atom stereocenters. The Kier molecular flexibility index (Phi) is 6.16. The van der Waals surface area contributed by atoms with E-state index in [0.717, 1.165) is 16.7 Å². The fraction of sp³-hybridized carbons (Fsp3) is 0.125. The van der Waals surface area contributed by atoms with Crippen LogP contribution in [0.15, 0.2) is 82.6 Å². The monoisotopic (exact) mass is 403 g/mol. The number of nitriles is 1. The standard InChI is InChI=1S/C24H21NO3S/c1-18-7-13-23(14-8-18)29(26,27)24(16-25)15-20-9-11-22(12-10-20)28-17-21-6-4-3-5-19(21)2/h3-15H,17H2,1-2H3. The molecule has 0 saturated heterocycles. The predicted octanol–water partition coefficient (Wildman–Crippen LogP) is 5.22. The summed E-state index contributed by atoms with van der Waals surface area (Å²) in [6.07, 6.45) is 1.38. The molecule has 0 amide bonds. The molecule has 29 heavy (non-hydrogen) atoms. The molecule has 0 bridgehead atoms. The van der Waals surface area contributed by atoms with Crippen LogP contribution >= 0.6 is 0 Å². The first-order valence-electron chi connectivity index (χ1n) is 9.11. The normalized spacial score (nSPS) is 11.7. The van der Waals surface area contributed by atoms with Crippen molar-refractivity contribution in [2.45, 2.75) is 25.3 Å². The highest BCUT2D eigenvalue weighted by Crippen LogP contribution is 2.23. The third-order valence-electron chi connectivity index (χ3n) is 4.56. The van der Waals surface area contributed by atoms with Gasteiger partial charge in [0.05, 0.1) is 4.90 Å². The molecule has 0 unspecified atom stereocenters. The van der Waals surface area contributed by atoms with Crippen molar-refractivity contribution in [3.05, 3.63) is 100.0 Å². The first kappa shape index (κ1) is 20.4. The van der Waals surface area contributed by atoms with Gasteiger partial charge >= 0.3 is 0 Å². The Morgan fingerprint density at radius 1 is 0.966 bits per heavy atom. The van der Waals surface area contributed by atoms with Gasteiger partial charge in [0, 0.05) is 0 Å². The fourth-order valence-corrected chi connectivity index (χ4v) is 3.92. The molecule has 0 spiro atoms. The molecule has 0 fully saturated rings. The molecule has 0 N–H and O–H groups in total. The summed E-state index contributed by atoms with van der Waals surface area (Å²) >= 11 is 0. The van der Waals surface area contributed by atoms with E-state index in [1.807, 2.05) is 44.2 Å². The predicted molar refractivity (Wildman–Crippen MR) is 114 cm³/mol. The number of allylic oxidation sites excluding steroid dienone is 1. The number of rotatable bonds is 6. The first-order chi connectivity index (χ1) is 13.9. The van der Waals surface area contributed by atoms with E-state index in [4.69, 9.17) is 4.74 Å².